The van der Waals surface area contributed by atoms with E-state index < -0.39 is 23.2 Å². The van der Waals surface area contributed by atoms with Crippen LogP contribution in [0.1, 0.15) is 96.5 Å². The van der Waals surface area contributed by atoms with Gasteiger partial charge in [-0.05, 0) is 117 Å². The maximum Gasteiger partial charge on any atom is 0.409 e. The fourth-order valence-electron chi connectivity index (χ4n) is 7.89. The second kappa shape index (κ2) is 14.7. The van der Waals surface area contributed by atoms with Gasteiger partial charge in [-0.15, -0.1) is 22.7 Å². The molecule has 3 aliphatic carbocycles. The molecule has 8 heteroatoms. The van der Waals surface area contributed by atoms with Gasteiger partial charge in [-0.25, -0.2) is 4.79 Å². The fraction of sp³-hybridized carbons (Fsp3) is 0.450. The molecule has 2 bridgehead atoms. The van der Waals surface area contributed by atoms with Gasteiger partial charge in [0.2, 0.25) is 5.78 Å². The van der Waals surface area contributed by atoms with Crippen LogP contribution in [0.4, 0.5) is 4.79 Å². The number of rotatable bonds is 8. The Morgan fingerprint density at radius 3 is 2.67 bits per heavy atom. The smallest absolute Gasteiger partial charge is 0.409 e. The Bertz CT molecular complexity index is 1740. The number of amides is 1. The summed E-state index contributed by atoms with van der Waals surface area (Å²) in [6, 6.07) is 20.2. The van der Waals surface area contributed by atoms with Gasteiger partial charge >= 0.3 is 6.09 Å². The lowest BCUT2D eigenvalue weighted by Gasteiger charge is -2.46. The molecule has 2 N–H and O–H groups in total. The Morgan fingerprint density at radius 2 is 1.90 bits per heavy atom. The molecule has 0 saturated heterocycles. The lowest BCUT2D eigenvalue weighted by molar-refractivity contribution is -0.0807. The molecule has 3 aliphatic rings. The van der Waals surface area contributed by atoms with E-state index in [1.165, 1.54) is 21.8 Å². The van der Waals surface area contributed by atoms with E-state index in [9.17, 15) is 19.8 Å². The molecule has 4 unspecified atom stereocenters. The molecule has 2 aromatic heterocycles. The van der Waals surface area contributed by atoms with Crippen LogP contribution in [0.2, 0.25) is 0 Å². The summed E-state index contributed by atoms with van der Waals surface area (Å²) >= 11 is 3.17. The number of carbonyl (C=O) groups excluding carboxylic acids is 2. The summed E-state index contributed by atoms with van der Waals surface area (Å²) in [6.45, 7) is 6.96. The lowest BCUT2D eigenvalue weighted by atomic mass is 9.64. The summed E-state index contributed by atoms with van der Waals surface area (Å²) in [5.74, 6) is -0.139. The summed E-state index contributed by atoms with van der Waals surface area (Å²) in [5.41, 5.74) is 1.91. The first-order chi connectivity index (χ1) is 23.1. The highest BCUT2D eigenvalue weighted by atomic mass is 32.1. The van der Waals surface area contributed by atoms with Crippen molar-refractivity contribution in [3.63, 3.8) is 0 Å². The van der Waals surface area contributed by atoms with Crippen molar-refractivity contribution in [3.8, 4) is 0 Å². The number of hydrogen-bond donors (Lipinski definition) is 2. The molecular weight excluding hydrogens is 639 g/mol. The highest BCUT2D eigenvalue weighted by Gasteiger charge is 2.57. The third-order valence-electron chi connectivity index (χ3n) is 10.8. The molecule has 254 valence electrons. The number of aliphatic hydroxyl groups excluding tert-OH is 1. The minimum absolute atomic E-state index is 0.0211. The maximum absolute atomic E-state index is 14.5. The van der Waals surface area contributed by atoms with Crippen LogP contribution in [0, 0.1) is 5.41 Å². The number of ketones is 1. The minimum Gasteiger partial charge on any atom is -0.450 e. The molecule has 1 amide bonds. The van der Waals surface area contributed by atoms with Crippen molar-refractivity contribution in [2.75, 3.05) is 19.7 Å². The summed E-state index contributed by atoms with van der Waals surface area (Å²) < 4.78 is 6.58. The van der Waals surface area contributed by atoms with E-state index in [-0.39, 0.29) is 24.9 Å². The molecule has 6 nitrogen and oxygen atoms in total. The second-order valence-corrected chi connectivity index (χ2v) is 16.0. The normalized spacial score (nSPS) is 24.6. The van der Waals surface area contributed by atoms with Crippen LogP contribution in [-0.2, 0) is 17.6 Å². The van der Waals surface area contributed by atoms with E-state index in [2.05, 4.69) is 38.1 Å². The Morgan fingerprint density at radius 1 is 1.06 bits per heavy atom. The predicted molar refractivity (Wildman–Crippen MR) is 195 cm³/mol. The van der Waals surface area contributed by atoms with Gasteiger partial charge in [0.05, 0.1) is 29.7 Å². The standard InChI is InChI=1S/C40H47NO5S2/c1-4-46-38(44)41(21-18-31-11-8-22-47-31)26-40(45)20-17-34-32-16-14-28(23-30(42)15-13-27(2)9-7-19-39(34,40)3)24-33(32)37(43)36-25-29-10-5-6-12-35(29)48-36/h5-6,8-12,14,16,22,24-25,30,34,42,45H,4,7,13,15,17-21,23,26H2,1-3H3. The second-order valence-electron chi connectivity index (χ2n) is 13.9. The van der Waals surface area contributed by atoms with Gasteiger partial charge in [0.25, 0.3) is 0 Å². The quantitative estimate of drug-likeness (QED) is 0.143. The van der Waals surface area contributed by atoms with E-state index in [4.69, 9.17) is 4.74 Å². The third kappa shape index (κ3) is 7.18. The molecule has 2 heterocycles. The van der Waals surface area contributed by atoms with E-state index in [1.54, 1.807) is 23.2 Å². The molecule has 0 aliphatic heterocycles. The number of nitrogens with zero attached hydrogens (tertiary/aromatic N) is 1. The van der Waals surface area contributed by atoms with Crippen LogP contribution >= 0.6 is 22.7 Å². The van der Waals surface area contributed by atoms with Gasteiger partial charge in [-0.1, -0.05) is 55.0 Å². The van der Waals surface area contributed by atoms with Crippen LogP contribution in [-0.4, -0.2) is 58.4 Å². The van der Waals surface area contributed by atoms with Crippen LogP contribution in [0.5, 0.6) is 0 Å². The monoisotopic (exact) mass is 685 g/mol. The van der Waals surface area contributed by atoms with Gasteiger partial charge < -0.3 is 19.8 Å². The van der Waals surface area contributed by atoms with Crippen molar-refractivity contribution in [1.29, 1.82) is 0 Å². The number of thiophene rings is 2. The zero-order valence-corrected chi connectivity index (χ0v) is 29.9. The van der Waals surface area contributed by atoms with Gasteiger partial charge in [0.1, 0.15) is 0 Å². The lowest BCUT2D eigenvalue weighted by Crippen LogP contribution is -2.54. The Hall–Kier alpha value is -3.30. The molecule has 7 rings (SSSR count). The first-order valence-corrected chi connectivity index (χ1v) is 19.0. The van der Waals surface area contributed by atoms with Gasteiger partial charge in [0.15, 0.2) is 0 Å². The molecule has 2 aromatic carbocycles. The number of hydrogen-bond acceptors (Lipinski definition) is 7. The summed E-state index contributed by atoms with van der Waals surface area (Å²) in [5, 5.41) is 26.8. The highest BCUT2D eigenvalue weighted by molar-refractivity contribution is 7.21. The molecule has 48 heavy (non-hydrogen) atoms. The minimum atomic E-state index is -1.20. The number of benzene rings is 2. The molecule has 1 saturated carbocycles. The van der Waals surface area contributed by atoms with Crippen molar-refractivity contribution in [3.05, 3.63) is 104 Å². The average molecular weight is 686 g/mol. The first kappa shape index (κ1) is 34.6. The maximum atomic E-state index is 14.5. The van der Waals surface area contributed by atoms with Gasteiger partial charge in [-0.2, -0.15) is 0 Å². The largest absolute Gasteiger partial charge is 0.450 e. The SMILES string of the molecule is CCOC(=O)N(CCc1cccs1)CC1(O)CCC2c3ccc(cc3C(=O)c3cc4ccccc4s3)CC(O)CCC(C)=CCCC21C. The zero-order chi connectivity index (χ0) is 33.9. The summed E-state index contributed by atoms with van der Waals surface area (Å²) in [7, 11) is 0. The van der Waals surface area contributed by atoms with Crippen LogP contribution in [0.15, 0.2) is 77.7 Å². The highest BCUT2D eigenvalue weighted by Crippen LogP contribution is 2.59. The average Bonchev–Trinajstić information content (AvgIpc) is 3.81. The van der Waals surface area contributed by atoms with Crippen LogP contribution in [0.25, 0.3) is 10.1 Å². The molecule has 1 fully saturated rings. The van der Waals surface area contributed by atoms with Crippen molar-refractivity contribution < 1.29 is 24.5 Å². The number of carbonyl (C=O) groups is 2. The summed E-state index contributed by atoms with van der Waals surface area (Å²) in [4.78, 5) is 31.4. The van der Waals surface area contributed by atoms with Crippen molar-refractivity contribution >= 4 is 44.6 Å². The number of allylic oxidation sites excluding steroid dienone is 2. The van der Waals surface area contributed by atoms with Gasteiger partial charge in [-0.3, -0.25) is 4.79 Å². The third-order valence-corrected chi connectivity index (χ3v) is 12.8. The van der Waals surface area contributed by atoms with Crippen molar-refractivity contribution in [1.82, 2.24) is 4.90 Å². The molecule has 4 atom stereocenters. The predicted octanol–water partition coefficient (Wildman–Crippen LogP) is 8.93. The Balaban J connectivity index is 1.41. The fourth-order valence-corrected chi connectivity index (χ4v) is 9.60. The molecule has 0 spiro atoms. The zero-order valence-electron chi connectivity index (χ0n) is 28.2. The molecule has 0 radical (unpaired) electrons. The van der Waals surface area contributed by atoms with E-state index in [0.29, 0.717) is 55.5 Å². The van der Waals surface area contributed by atoms with E-state index in [1.807, 2.05) is 47.8 Å². The van der Waals surface area contributed by atoms with Crippen LogP contribution < -0.4 is 0 Å². The van der Waals surface area contributed by atoms with Crippen LogP contribution in [0.3, 0.4) is 0 Å². The number of fused-ring (bicyclic) bond motifs is 9. The molecule has 4 aromatic rings. The van der Waals surface area contributed by atoms with Crippen molar-refractivity contribution in [2.24, 2.45) is 5.41 Å². The number of ether oxygens (including phenoxy) is 1. The number of aliphatic hydroxyl groups is 2. The van der Waals surface area contributed by atoms with E-state index in [0.717, 1.165) is 34.1 Å². The topological polar surface area (TPSA) is 87.1 Å². The Labute approximate surface area is 292 Å². The van der Waals surface area contributed by atoms with E-state index >= 15 is 0 Å². The van der Waals surface area contributed by atoms with Gasteiger partial charge in [0, 0.05) is 27.1 Å². The van der Waals surface area contributed by atoms with Crippen molar-refractivity contribution in [2.45, 2.75) is 89.8 Å². The first-order valence-electron chi connectivity index (χ1n) is 17.3. The summed E-state index contributed by atoms with van der Waals surface area (Å²) in [6.07, 6.45) is 6.56. The molecular formula is C40H47NO5S2. The Kier molecular flexibility index (Phi) is 10.6.